The van der Waals surface area contributed by atoms with Gasteiger partial charge in [-0.25, -0.2) is 9.97 Å². The van der Waals surface area contributed by atoms with E-state index in [9.17, 15) is 5.26 Å². The zero-order valence-corrected chi connectivity index (χ0v) is 38.9. The molecule has 0 atom stereocenters. The van der Waals surface area contributed by atoms with Crippen LogP contribution in [0.25, 0.3) is 72.5 Å². The van der Waals surface area contributed by atoms with Crippen LogP contribution in [-0.2, 0) is 0 Å². The molecule has 7 heteroatoms. The Bertz CT molecular complexity index is 3960. The van der Waals surface area contributed by atoms with Crippen molar-refractivity contribution >= 4 is 79.0 Å². The van der Waals surface area contributed by atoms with E-state index < -0.39 is 0 Å². The third kappa shape index (κ3) is 6.65. The Morgan fingerprint density at radius 3 is 1.46 bits per heavy atom. The molecule has 0 radical (unpaired) electrons. The first kappa shape index (κ1) is 41.2. The number of anilines is 6. The number of fused-ring (bicyclic) bond motifs is 7. The van der Waals surface area contributed by atoms with Crippen molar-refractivity contribution in [2.45, 2.75) is 0 Å². The molecular formula is C65H41BN6. The first-order chi connectivity index (χ1) is 35.7. The lowest BCUT2D eigenvalue weighted by atomic mass is 9.33. The fraction of sp³-hybridized carbons (Fsp3) is 0. The van der Waals surface area contributed by atoms with Crippen LogP contribution < -0.4 is 26.2 Å². The Morgan fingerprint density at radius 2 is 0.875 bits per heavy atom. The largest absolute Gasteiger partial charge is 0.311 e. The van der Waals surface area contributed by atoms with Crippen molar-refractivity contribution in [1.82, 2.24) is 14.5 Å². The highest BCUT2D eigenvalue weighted by molar-refractivity contribution is 7.00. The van der Waals surface area contributed by atoms with Crippen molar-refractivity contribution in [3.8, 4) is 56.8 Å². The fourth-order valence-electron chi connectivity index (χ4n) is 11.2. The van der Waals surface area contributed by atoms with Gasteiger partial charge in [0.1, 0.15) is 0 Å². The molecule has 0 saturated carbocycles. The van der Waals surface area contributed by atoms with Crippen molar-refractivity contribution in [3.05, 3.63) is 254 Å². The summed E-state index contributed by atoms with van der Waals surface area (Å²) in [4.78, 5) is 15.2. The Balaban J connectivity index is 0.975. The number of benzene rings is 10. The molecule has 0 bridgehead atoms. The van der Waals surface area contributed by atoms with E-state index in [-0.39, 0.29) is 6.71 Å². The third-order valence-corrected chi connectivity index (χ3v) is 14.3. The summed E-state index contributed by atoms with van der Waals surface area (Å²) in [7, 11) is 0. The SMILES string of the molecule is N#Cc1cc(-c2nc(-c3ccccc3)cc(-c3ccccc3)n2)cc(-n2c3ccccc3c3cc(-c4cc5c6c(c4)N(c4ccccc4)c4ccccc4B6c4ccccc4N5c4ccccc4)ccc32)c1. The van der Waals surface area contributed by atoms with Gasteiger partial charge in [-0.15, -0.1) is 0 Å². The second-order valence-electron chi connectivity index (χ2n) is 18.5. The predicted molar refractivity (Wildman–Crippen MR) is 297 cm³/mol. The average molecular weight is 917 g/mol. The molecular weight excluding hydrogens is 876 g/mol. The molecule has 0 unspecified atom stereocenters. The highest BCUT2D eigenvalue weighted by Crippen LogP contribution is 2.47. The fourth-order valence-corrected chi connectivity index (χ4v) is 11.2. The van der Waals surface area contributed by atoms with Crippen LogP contribution in [0.15, 0.2) is 249 Å². The monoisotopic (exact) mass is 916 g/mol. The molecule has 6 nitrogen and oxygen atoms in total. The van der Waals surface area contributed by atoms with E-state index in [1.807, 2.05) is 54.6 Å². The van der Waals surface area contributed by atoms with Gasteiger partial charge in [-0.1, -0.05) is 158 Å². The van der Waals surface area contributed by atoms with Crippen molar-refractivity contribution in [2.24, 2.45) is 0 Å². The molecule has 2 aliphatic rings. The van der Waals surface area contributed by atoms with E-state index >= 15 is 0 Å². The number of nitriles is 1. The van der Waals surface area contributed by atoms with Crippen LogP contribution in [0.1, 0.15) is 5.56 Å². The van der Waals surface area contributed by atoms with E-state index in [1.165, 1.54) is 27.8 Å². The minimum Gasteiger partial charge on any atom is -0.311 e. The summed E-state index contributed by atoms with van der Waals surface area (Å²) >= 11 is 0. The Hall–Kier alpha value is -9.77. The van der Waals surface area contributed by atoms with Crippen molar-refractivity contribution in [1.29, 1.82) is 5.26 Å². The molecule has 2 aromatic heterocycles. The predicted octanol–water partition coefficient (Wildman–Crippen LogP) is 14.2. The van der Waals surface area contributed by atoms with Gasteiger partial charge in [0.2, 0.25) is 0 Å². The standard InChI is InChI=1S/C65H41BN6/c67-42-43-35-48(65-68-56(44-19-5-1-6-20-44)41-57(69-65)45-21-7-2-8-22-45)37-51(36-43)72-58-30-16-13-27-52(58)53-38-46(33-34-59(53)72)47-39-62-64-63(40-47)71(50-25-11-4-12-26-50)61-32-18-15-29-55(61)66(64)54-28-14-17-31-60(54)70(62)49-23-9-3-10-24-49/h1-41H. The Morgan fingerprint density at radius 1 is 0.361 bits per heavy atom. The maximum Gasteiger partial charge on any atom is 0.252 e. The summed E-state index contributed by atoms with van der Waals surface area (Å²) in [5.74, 6) is 0.551. The van der Waals surface area contributed by atoms with Crippen molar-refractivity contribution < 1.29 is 0 Å². The van der Waals surface area contributed by atoms with Gasteiger partial charge in [0, 0.05) is 67.3 Å². The number of aromatic nitrogens is 3. The summed E-state index contributed by atoms with van der Waals surface area (Å²) in [6.07, 6.45) is 0. The molecule has 2 aliphatic heterocycles. The number of hydrogen-bond acceptors (Lipinski definition) is 5. The van der Waals surface area contributed by atoms with Gasteiger partial charge in [0.25, 0.3) is 6.71 Å². The molecule has 0 saturated heterocycles. The molecule has 0 aliphatic carbocycles. The average Bonchev–Trinajstić information content (AvgIpc) is 3.79. The van der Waals surface area contributed by atoms with Crippen LogP contribution in [0.4, 0.5) is 34.1 Å². The smallest absolute Gasteiger partial charge is 0.252 e. The maximum absolute atomic E-state index is 10.6. The summed E-state index contributed by atoms with van der Waals surface area (Å²) in [6, 6.07) is 90.5. The minimum absolute atomic E-state index is 0.0297. The van der Waals surface area contributed by atoms with Gasteiger partial charge in [-0.05, 0) is 119 Å². The molecule has 0 fully saturated rings. The first-order valence-electron chi connectivity index (χ1n) is 24.3. The molecule has 0 spiro atoms. The molecule has 12 aromatic rings. The Kier molecular flexibility index (Phi) is 9.58. The zero-order chi connectivity index (χ0) is 47.7. The second-order valence-corrected chi connectivity index (χ2v) is 18.5. The van der Waals surface area contributed by atoms with Gasteiger partial charge in [0.15, 0.2) is 5.82 Å². The van der Waals surface area contributed by atoms with E-state index in [0.717, 1.165) is 89.4 Å². The first-order valence-corrected chi connectivity index (χ1v) is 24.3. The van der Waals surface area contributed by atoms with E-state index in [0.29, 0.717) is 11.4 Å². The number of rotatable bonds is 7. The van der Waals surface area contributed by atoms with Crippen LogP contribution >= 0.6 is 0 Å². The lowest BCUT2D eigenvalue weighted by molar-refractivity contribution is 1.15. The van der Waals surface area contributed by atoms with E-state index in [4.69, 9.17) is 9.97 Å². The molecule has 0 amide bonds. The van der Waals surface area contributed by atoms with Gasteiger partial charge in [0.05, 0.1) is 34.1 Å². The van der Waals surface area contributed by atoms with E-state index in [2.05, 4.69) is 215 Å². The second kappa shape index (κ2) is 16.7. The molecule has 0 N–H and O–H groups in total. The van der Waals surface area contributed by atoms with Crippen LogP contribution in [-0.4, -0.2) is 21.2 Å². The summed E-state index contributed by atoms with van der Waals surface area (Å²) in [5.41, 5.74) is 20.8. The third-order valence-electron chi connectivity index (χ3n) is 14.3. The highest BCUT2D eigenvalue weighted by atomic mass is 15.2. The van der Waals surface area contributed by atoms with Crippen LogP contribution in [0.5, 0.6) is 0 Å². The lowest BCUT2D eigenvalue weighted by Gasteiger charge is -2.44. The molecule has 4 heterocycles. The lowest BCUT2D eigenvalue weighted by Crippen LogP contribution is -2.61. The summed E-state index contributed by atoms with van der Waals surface area (Å²) in [6.45, 7) is 0.0297. The topological polar surface area (TPSA) is 61.0 Å². The van der Waals surface area contributed by atoms with Gasteiger partial charge in [-0.3, -0.25) is 0 Å². The van der Waals surface area contributed by atoms with Gasteiger partial charge < -0.3 is 14.4 Å². The molecule has 10 aromatic carbocycles. The highest BCUT2D eigenvalue weighted by Gasteiger charge is 2.43. The van der Waals surface area contributed by atoms with Crippen LogP contribution in [0.2, 0.25) is 0 Å². The molecule has 14 rings (SSSR count). The van der Waals surface area contributed by atoms with Crippen LogP contribution in [0, 0.1) is 11.3 Å². The van der Waals surface area contributed by atoms with Gasteiger partial charge in [-0.2, -0.15) is 5.26 Å². The summed E-state index contributed by atoms with van der Waals surface area (Å²) < 4.78 is 2.28. The van der Waals surface area contributed by atoms with E-state index in [1.54, 1.807) is 0 Å². The number of para-hydroxylation sites is 5. The molecule has 72 heavy (non-hydrogen) atoms. The Labute approximate surface area is 417 Å². The van der Waals surface area contributed by atoms with Crippen molar-refractivity contribution in [3.63, 3.8) is 0 Å². The molecule has 334 valence electrons. The minimum atomic E-state index is 0.0297. The zero-order valence-electron chi connectivity index (χ0n) is 38.9. The van der Waals surface area contributed by atoms with Crippen molar-refractivity contribution in [2.75, 3.05) is 9.80 Å². The van der Waals surface area contributed by atoms with Gasteiger partial charge >= 0.3 is 0 Å². The maximum atomic E-state index is 10.6. The quantitative estimate of drug-likeness (QED) is 0.149. The summed E-state index contributed by atoms with van der Waals surface area (Å²) in [5, 5.41) is 12.8. The number of hydrogen-bond donors (Lipinski definition) is 0. The number of nitrogens with zero attached hydrogens (tertiary/aromatic N) is 6. The van der Waals surface area contributed by atoms with Crippen LogP contribution in [0.3, 0.4) is 0 Å². The normalized spacial score (nSPS) is 12.3.